The van der Waals surface area contributed by atoms with Crippen LogP contribution in [0.25, 0.3) is 17.0 Å². The number of nitrogens with one attached hydrogen (secondary N) is 1. The lowest BCUT2D eigenvalue weighted by molar-refractivity contribution is -0.122. The Kier molecular flexibility index (Phi) is 7.29. The van der Waals surface area contributed by atoms with Crippen molar-refractivity contribution in [1.29, 1.82) is 0 Å². The maximum absolute atomic E-state index is 14.6. The first kappa shape index (κ1) is 27.0. The van der Waals surface area contributed by atoms with Crippen molar-refractivity contribution < 1.29 is 23.5 Å². The van der Waals surface area contributed by atoms with Crippen molar-refractivity contribution in [3.8, 4) is 5.75 Å². The number of carbonyl (C=O) groups excluding carboxylic acids is 3. The Balaban J connectivity index is 1.30. The predicted octanol–water partition coefficient (Wildman–Crippen LogP) is 6.73. The number of nitrogens with zero attached hydrogens (tertiary/aromatic N) is 2. The molecule has 0 radical (unpaired) electrons. The number of hydrogen-bond acceptors (Lipinski definition) is 4. The highest BCUT2D eigenvalue weighted by atomic mass is 35.5. The topological polar surface area (TPSA) is 80.6 Å². The molecule has 1 saturated heterocycles. The number of imide groups is 2. The van der Waals surface area contributed by atoms with Gasteiger partial charge < -0.3 is 9.30 Å². The largest absolute Gasteiger partial charge is 0.489 e. The fourth-order valence-electron chi connectivity index (χ4n) is 4.83. The van der Waals surface area contributed by atoms with Crippen LogP contribution in [0, 0.1) is 5.82 Å². The Morgan fingerprint density at radius 1 is 0.833 bits per heavy atom. The normalized spacial score (nSPS) is 14.5. The van der Waals surface area contributed by atoms with E-state index < -0.39 is 17.8 Å². The molecular weight excluding hydrogens is 557 g/mol. The quantitative estimate of drug-likeness (QED) is 0.171. The first-order valence-electron chi connectivity index (χ1n) is 13.1. The Morgan fingerprint density at radius 3 is 2.29 bits per heavy atom. The molecular formula is C33H23ClFN3O4. The van der Waals surface area contributed by atoms with Crippen molar-refractivity contribution in [3.63, 3.8) is 0 Å². The Bertz CT molecular complexity index is 1880. The molecule has 6 rings (SSSR count). The smallest absolute Gasteiger partial charge is 0.335 e. The van der Waals surface area contributed by atoms with Crippen molar-refractivity contribution in [1.82, 2.24) is 9.88 Å². The molecule has 0 unspecified atom stereocenters. The number of benzene rings is 4. The zero-order valence-corrected chi connectivity index (χ0v) is 22.8. The second-order valence-corrected chi connectivity index (χ2v) is 10.0. The van der Waals surface area contributed by atoms with Gasteiger partial charge in [-0.05, 0) is 54.6 Å². The number of halogens is 2. The van der Waals surface area contributed by atoms with Gasteiger partial charge in [0.05, 0.1) is 12.2 Å². The van der Waals surface area contributed by atoms with Gasteiger partial charge in [-0.1, -0.05) is 66.2 Å². The summed E-state index contributed by atoms with van der Waals surface area (Å²) in [5.41, 5.74) is 2.60. The molecule has 4 amide bonds. The number of hydrogen-bond donors (Lipinski definition) is 1. The number of ether oxygens (including phenoxy) is 1. The molecule has 1 aromatic heterocycles. The summed E-state index contributed by atoms with van der Waals surface area (Å²) in [5, 5.41) is 3.69. The molecule has 0 aliphatic carbocycles. The second kappa shape index (κ2) is 11.3. The van der Waals surface area contributed by atoms with Crippen molar-refractivity contribution in [2.24, 2.45) is 0 Å². The molecule has 4 aromatic carbocycles. The molecule has 9 heteroatoms. The summed E-state index contributed by atoms with van der Waals surface area (Å²) in [6, 6.07) is 28.6. The number of para-hydroxylation sites is 1. The fourth-order valence-corrected chi connectivity index (χ4v) is 5.02. The molecule has 1 N–H and O–H groups in total. The first-order chi connectivity index (χ1) is 20.4. The van der Waals surface area contributed by atoms with Gasteiger partial charge in [0.2, 0.25) is 0 Å². The van der Waals surface area contributed by atoms with Crippen LogP contribution in [0.15, 0.2) is 109 Å². The molecule has 0 bridgehead atoms. The molecule has 2 heterocycles. The maximum Gasteiger partial charge on any atom is 0.335 e. The van der Waals surface area contributed by atoms with Crippen LogP contribution in [0.5, 0.6) is 5.75 Å². The van der Waals surface area contributed by atoms with Gasteiger partial charge in [0.1, 0.15) is 23.7 Å². The van der Waals surface area contributed by atoms with Gasteiger partial charge in [-0.3, -0.25) is 14.9 Å². The molecule has 0 saturated carbocycles. The van der Waals surface area contributed by atoms with Crippen LogP contribution in [0.4, 0.5) is 14.9 Å². The van der Waals surface area contributed by atoms with E-state index in [-0.39, 0.29) is 30.2 Å². The number of rotatable bonds is 7. The molecule has 1 fully saturated rings. The molecule has 42 heavy (non-hydrogen) atoms. The molecule has 1 aliphatic heterocycles. The number of urea groups is 1. The van der Waals surface area contributed by atoms with E-state index in [2.05, 4.69) is 5.32 Å². The van der Waals surface area contributed by atoms with Gasteiger partial charge in [-0.15, -0.1) is 0 Å². The monoisotopic (exact) mass is 579 g/mol. The van der Waals surface area contributed by atoms with E-state index in [9.17, 15) is 18.8 Å². The zero-order valence-electron chi connectivity index (χ0n) is 22.1. The van der Waals surface area contributed by atoms with Gasteiger partial charge in [0.25, 0.3) is 11.8 Å². The van der Waals surface area contributed by atoms with Crippen LogP contribution < -0.4 is 15.0 Å². The van der Waals surface area contributed by atoms with E-state index in [4.69, 9.17) is 16.3 Å². The van der Waals surface area contributed by atoms with Crippen LogP contribution in [0.3, 0.4) is 0 Å². The number of carbonyl (C=O) groups is 3. The van der Waals surface area contributed by atoms with E-state index in [1.807, 2.05) is 53.1 Å². The summed E-state index contributed by atoms with van der Waals surface area (Å²) >= 11 is 6.19. The lowest BCUT2D eigenvalue weighted by Crippen LogP contribution is -2.54. The van der Waals surface area contributed by atoms with Crippen LogP contribution in [-0.4, -0.2) is 22.4 Å². The van der Waals surface area contributed by atoms with Gasteiger partial charge in [0, 0.05) is 32.7 Å². The highest BCUT2D eigenvalue weighted by Crippen LogP contribution is 2.28. The molecule has 1 aliphatic rings. The van der Waals surface area contributed by atoms with E-state index in [1.165, 1.54) is 12.1 Å². The first-order valence-corrected chi connectivity index (χ1v) is 13.5. The minimum absolute atomic E-state index is 0.174. The second-order valence-electron chi connectivity index (χ2n) is 9.64. The maximum atomic E-state index is 14.6. The Hall–Kier alpha value is -5.21. The number of amides is 4. The Morgan fingerprint density at radius 2 is 1.52 bits per heavy atom. The van der Waals surface area contributed by atoms with Crippen LogP contribution >= 0.6 is 11.6 Å². The summed E-state index contributed by atoms with van der Waals surface area (Å²) in [5.74, 6) is -1.45. The predicted molar refractivity (Wildman–Crippen MR) is 159 cm³/mol. The van der Waals surface area contributed by atoms with Crippen molar-refractivity contribution in [3.05, 3.63) is 136 Å². The van der Waals surface area contributed by atoms with E-state index in [0.29, 0.717) is 22.0 Å². The van der Waals surface area contributed by atoms with Crippen LogP contribution in [0.2, 0.25) is 5.02 Å². The highest BCUT2D eigenvalue weighted by molar-refractivity contribution is 6.39. The van der Waals surface area contributed by atoms with E-state index >= 15 is 0 Å². The summed E-state index contributed by atoms with van der Waals surface area (Å²) < 4.78 is 22.2. The third kappa shape index (κ3) is 5.27. The van der Waals surface area contributed by atoms with Gasteiger partial charge in [-0.25, -0.2) is 14.1 Å². The third-order valence-corrected chi connectivity index (χ3v) is 7.34. The summed E-state index contributed by atoms with van der Waals surface area (Å²) in [6.45, 7) is 0.415. The van der Waals surface area contributed by atoms with Crippen molar-refractivity contribution in [2.75, 3.05) is 4.90 Å². The molecule has 7 nitrogen and oxygen atoms in total. The molecule has 0 spiro atoms. The average molecular weight is 580 g/mol. The lowest BCUT2D eigenvalue weighted by Gasteiger charge is -2.26. The minimum Gasteiger partial charge on any atom is -0.489 e. The van der Waals surface area contributed by atoms with E-state index in [1.54, 1.807) is 48.5 Å². The lowest BCUT2D eigenvalue weighted by atomic mass is 10.1. The van der Waals surface area contributed by atoms with Gasteiger partial charge in [-0.2, -0.15) is 0 Å². The SMILES string of the molecule is O=C1NC(=O)N(c2ccc(OCc3ccccc3Cl)cc2)C(=O)/C1=C/c1cc2ccccc2n1Cc1ccccc1F. The van der Waals surface area contributed by atoms with E-state index in [0.717, 1.165) is 21.4 Å². The molecule has 208 valence electrons. The number of anilines is 1. The summed E-state index contributed by atoms with van der Waals surface area (Å²) in [6.07, 6.45) is 1.43. The van der Waals surface area contributed by atoms with Crippen LogP contribution in [-0.2, 0) is 22.7 Å². The zero-order chi connectivity index (χ0) is 29.2. The third-order valence-electron chi connectivity index (χ3n) is 6.97. The van der Waals surface area contributed by atoms with Crippen molar-refractivity contribution in [2.45, 2.75) is 13.2 Å². The number of fused-ring (bicyclic) bond motifs is 1. The van der Waals surface area contributed by atoms with Gasteiger partial charge in [0.15, 0.2) is 0 Å². The molecule has 0 atom stereocenters. The molecule has 5 aromatic rings. The minimum atomic E-state index is -0.862. The van der Waals surface area contributed by atoms with Crippen LogP contribution in [0.1, 0.15) is 16.8 Å². The summed E-state index contributed by atoms with van der Waals surface area (Å²) in [4.78, 5) is 40.2. The standard InChI is InChI=1S/C33H23ClFN3O4/c34-28-10-4-1-9-23(28)20-42-26-15-13-24(14-16-26)38-32(40)27(31(39)36-33(38)41)18-25-17-21-7-3-6-12-30(21)37(25)19-22-8-2-5-11-29(22)35/h1-18H,19-20H2,(H,36,39,41)/b27-18+. The van der Waals surface area contributed by atoms with Crippen molar-refractivity contribution >= 4 is 52.1 Å². The Labute approximate surface area is 245 Å². The fraction of sp³-hybridized carbons (Fsp3) is 0.0606. The summed E-state index contributed by atoms with van der Waals surface area (Å²) in [7, 11) is 0. The highest BCUT2D eigenvalue weighted by Gasteiger charge is 2.37. The number of aromatic nitrogens is 1. The average Bonchev–Trinajstić information content (AvgIpc) is 3.33. The number of barbiturate groups is 1. The van der Waals surface area contributed by atoms with Gasteiger partial charge >= 0.3 is 6.03 Å².